The minimum absolute atomic E-state index is 0.0353. The Hall–Kier alpha value is -1.83. The van der Waals surface area contributed by atoms with Gasteiger partial charge in [0.05, 0.1) is 12.7 Å². The Morgan fingerprint density at radius 1 is 1.29 bits per heavy atom. The summed E-state index contributed by atoms with van der Waals surface area (Å²) in [6.07, 6.45) is 0.106. The predicted octanol–water partition coefficient (Wildman–Crippen LogP) is -0.779. The van der Waals surface area contributed by atoms with Gasteiger partial charge < -0.3 is 25.4 Å². The van der Waals surface area contributed by atoms with Gasteiger partial charge in [0.1, 0.15) is 0 Å². The van der Waals surface area contributed by atoms with Gasteiger partial charge in [0.2, 0.25) is 0 Å². The Bertz CT molecular complexity index is 378. The summed E-state index contributed by atoms with van der Waals surface area (Å²) in [6, 6.07) is -0.138. The molecule has 3 N–H and O–H groups in total. The molecule has 1 aliphatic rings. The van der Waals surface area contributed by atoms with Crippen LogP contribution in [0.5, 0.6) is 0 Å². The number of hydrogen-bond donors (Lipinski definition) is 3. The minimum Gasteiger partial charge on any atom is -0.450 e. The lowest BCUT2D eigenvalue weighted by Crippen LogP contribution is -2.50. The van der Waals surface area contributed by atoms with E-state index in [1.165, 1.54) is 6.92 Å². The van der Waals surface area contributed by atoms with E-state index in [-0.39, 0.29) is 18.7 Å². The van der Waals surface area contributed by atoms with Crippen LogP contribution in [0.3, 0.4) is 0 Å². The molecule has 1 unspecified atom stereocenters. The van der Waals surface area contributed by atoms with E-state index >= 15 is 0 Å². The highest BCUT2D eigenvalue weighted by Gasteiger charge is 2.26. The van der Waals surface area contributed by atoms with Crippen LogP contribution in [0.1, 0.15) is 26.7 Å². The third kappa shape index (κ3) is 5.99. The zero-order valence-corrected chi connectivity index (χ0v) is 12.4. The van der Waals surface area contributed by atoms with Crippen molar-refractivity contribution < 1.29 is 24.2 Å². The fourth-order valence-corrected chi connectivity index (χ4v) is 1.99. The van der Waals surface area contributed by atoms with Crippen molar-refractivity contribution in [2.45, 2.75) is 38.8 Å². The van der Waals surface area contributed by atoms with Crippen molar-refractivity contribution in [3.63, 3.8) is 0 Å². The second kappa shape index (κ2) is 8.46. The van der Waals surface area contributed by atoms with Crippen molar-refractivity contribution in [1.29, 1.82) is 0 Å². The second-order valence-electron chi connectivity index (χ2n) is 4.99. The molecule has 1 heterocycles. The lowest BCUT2D eigenvalue weighted by atomic mass is 10.1. The van der Waals surface area contributed by atoms with Crippen LogP contribution in [0.4, 0.5) is 4.79 Å². The summed E-state index contributed by atoms with van der Waals surface area (Å²) in [5, 5.41) is 14.0. The molecule has 1 saturated heterocycles. The summed E-state index contributed by atoms with van der Waals surface area (Å²) >= 11 is 0. The zero-order chi connectivity index (χ0) is 15.8. The average molecular weight is 301 g/mol. The van der Waals surface area contributed by atoms with Crippen molar-refractivity contribution in [2.24, 2.45) is 0 Å². The summed E-state index contributed by atoms with van der Waals surface area (Å²) in [5.41, 5.74) is 0. The van der Waals surface area contributed by atoms with Gasteiger partial charge in [-0.3, -0.25) is 9.59 Å². The van der Waals surface area contributed by atoms with Crippen LogP contribution < -0.4 is 10.6 Å². The first-order chi connectivity index (χ1) is 9.93. The number of nitrogens with zero attached hydrogens (tertiary/aromatic N) is 1. The fraction of sp³-hybridized carbons (Fsp3) is 0.769. The van der Waals surface area contributed by atoms with E-state index in [0.717, 1.165) is 0 Å². The maximum absolute atomic E-state index is 11.6. The molecule has 1 aliphatic heterocycles. The third-order valence-electron chi connectivity index (χ3n) is 3.12. The normalized spacial score (nSPS) is 17.0. The third-order valence-corrected chi connectivity index (χ3v) is 3.12. The summed E-state index contributed by atoms with van der Waals surface area (Å²) in [5.74, 6) is -1.48. The van der Waals surface area contributed by atoms with Gasteiger partial charge >= 0.3 is 17.9 Å². The highest BCUT2D eigenvalue weighted by molar-refractivity contribution is 6.35. The van der Waals surface area contributed by atoms with Crippen LogP contribution in [0.2, 0.25) is 0 Å². The van der Waals surface area contributed by atoms with Gasteiger partial charge in [0.25, 0.3) is 0 Å². The standard InChI is InChI=1S/C13H23N3O5/c1-3-21-13(20)16-6-4-10(5-7-16)15-12(19)11(18)14-8-9(2)17/h9-10,17H,3-8H2,1-2H3,(H,14,18)(H,15,19). The Morgan fingerprint density at radius 3 is 2.43 bits per heavy atom. The minimum atomic E-state index is -0.760. The molecule has 0 spiro atoms. The summed E-state index contributed by atoms with van der Waals surface area (Å²) in [4.78, 5) is 36.2. The lowest BCUT2D eigenvalue weighted by Gasteiger charge is -2.31. The Kier molecular flexibility index (Phi) is 6.93. The molecule has 1 fully saturated rings. The molecule has 0 aromatic rings. The molecule has 0 bridgehead atoms. The van der Waals surface area contributed by atoms with Crippen LogP contribution in [0.15, 0.2) is 0 Å². The Balaban J connectivity index is 2.30. The van der Waals surface area contributed by atoms with Crippen molar-refractivity contribution in [2.75, 3.05) is 26.2 Å². The Morgan fingerprint density at radius 2 is 1.90 bits per heavy atom. The topological polar surface area (TPSA) is 108 Å². The molecule has 3 amide bonds. The van der Waals surface area contributed by atoms with Crippen LogP contribution >= 0.6 is 0 Å². The lowest BCUT2D eigenvalue weighted by molar-refractivity contribution is -0.140. The molecular weight excluding hydrogens is 278 g/mol. The number of likely N-dealkylation sites (tertiary alicyclic amines) is 1. The van der Waals surface area contributed by atoms with Gasteiger partial charge in [0, 0.05) is 25.7 Å². The summed E-state index contributed by atoms with van der Waals surface area (Å²) in [6.45, 7) is 4.60. The molecular formula is C13H23N3O5. The number of hydrogen-bond acceptors (Lipinski definition) is 5. The van der Waals surface area contributed by atoms with Gasteiger partial charge in [-0.25, -0.2) is 4.79 Å². The van der Waals surface area contributed by atoms with E-state index in [9.17, 15) is 14.4 Å². The highest BCUT2D eigenvalue weighted by atomic mass is 16.6. The molecule has 1 rings (SSSR count). The first-order valence-electron chi connectivity index (χ1n) is 7.12. The van der Waals surface area contributed by atoms with E-state index in [0.29, 0.717) is 32.5 Å². The molecule has 8 nitrogen and oxygen atoms in total. The van der Waals surface area contributed by atoms with Crippen molar-refractivity contribution in [3.8, 4) is 0 Å². The van der Waals surface area contributed by atoms with Gasteiger partial charge in [0.15, 0.2) is 0 Å². The fourth-order valence-electron chi connectivity index (χ4n) is 1.99. The van der Waals surface area contributed by atoms with Gasteiger partial charge in [-0.05, 0) is 26.7 Å². The van der Waals surface area contributed by atoms with Crippen molar-refractivity contribution in [3.05, 3.63) is 0 Å². The quantitative estimate of drug-likeness (QED) is 0.590. The molecule has 0 radical (unpaired) electrons. The van der Waals surface area contributed by atoms with E-state index in [2.05, 4.69) is 10.6 Å². The number of aliphatic hydroxyl groups is 1. The average Bonchev–Trinajstić information content (AvgIpc) is 2.45. The van der Waals surface area contributed by atoms with Crippen LogP contribution in [-0.4, -0.2) is 66.3 Å². The van der Waals surface area contributed by atoms with Gasteiger partial charge in [-0.2, -0.15) is 0 Å². The smallest absolute Gasteiger partial charge is 0.409 e. The number of aliphatic hydroxyl groups excluding tert-OH is 1. The number of piperidine rings is 1. The molecule has 21 heavy (non-hydrogen) atoms. The summed E-state index contributed by atoms with van der Waals surface area (Å²) in [7, 11) is 0. The number of carbonyl (C=O) groups excluding carboxylic acids is 3. The van der Waals surface area contributed by atoms with Crippen molar-refractivity contribution >= 4 is 17.9 Å². The van der Waals surface area contributed by atoms with E-state index in [1.807, 2.05) is 0 Å². The molecule has 8 heteroatoms. The molecule has 0 aromatic carbocycles. The predicted molar refractivity (Wildman–Crippen MR) is 74.5 cm³/mol. The molecule has 0 saturated carbocycles. The van der Waals surface area contributed by atoms with Crippen LogP contribution in [-0.2, 0) is 14.3 Å². The number of rotatable bonds is 4. The largest absolute Gasteiger partial charge is 0.450 e. The van der Waals surface area contributed by atoms with Crippen LogP contribution in [0, 0.1) is 0 Å². The highest BCUT2D eigenvalue weighted by Crippen LogP contribution is 2.11. The summed E-state index contributed by atoms with van der Waals surface area (Å²) < 4.78 is 4.90. The molecule has 0 aliphatic carbocycles. The van der Waals surface area contributed by atoms with Gasteiger partial charge in [-0.15, -0.1) is 0 Å². The van der Waals surface area contributed by atoms with E-state index in [1.54, 1.807) is 11.8 Å². The maximum Gasteiger partial charge on any atom is 0.409 e. The van der Waals surface area contributed by atoms with E-state index < -0.39 is 17.9 Å². The number of amides is 3. The Labute approximate surface area is 123 Å². The van der Waals surface area contributed by atoms with E-state index in [4.69, 9.17) is 9.84 Å². The van der Waals surface area contributed by atoms with Gasteiger partial charge in [-0.1, -0.05) is 0 Å². The number of carbonyl (C=O) groups is 3. The van der Waals surface area contributed by atoms with Crippen LogP contribution in [0.25, 0.3) is 0 Å². The molecule has 0 aromatic heterocycles. The molecule has 120 valence electrons. The SMILES string of the molecule is CCOC(=O)N1CCC(NC(=O)C(=O)NCC(C)O)CC1. The van der Waals surface area contributed by atoms with Crippen molar-refractivity contribution in [1.82, 2.24) is 15.5 Å². The number of nitrogens with one attached hydrogen (secondary N) is 2. The maximum atomic E-state index is 11.6. The second-order valence-corrected chi connectivity index (χ2v) is 4.99. The molecule has 1 atom stereocenters. The zero-order valence-electron chi connectivity index (χ0n) is 12.4. The first-order valence-corrected chi connectivity index (χ1v) is 7.12. The monoisotopic (exact) mass is 301 g/mol. The number of ether oxygens (including phenoxy) is 1. The first kappa shape index (κ1) is 17.2.